The van der Waals surface area contributed by atoms with E-state index in [4.69, 9.17) is 14.2 Å². The van der Waals surface area contributed by atoms with Gasteiger partial charge in [-0.25, -0.2) is 24.8 Å². The minimum atomic E-state index is -0.814. The molecule has 0 saturated carbocycles. The summed E-state index contributed by atoms with van der Waals surface area (Å²) in [6.07, 6.45) is -2.27. The maximum Gasteiger partial charge on any atom is 0.429 e. The molecule has 0 aliphatic heterocycles. The van der Waals surface area contributed by atoms with Crippen molar-refractivity contribution in [3.63, 3.8) is 0 Å². The summed E-state index contributed by atoms with van der Waals surface area (Å²) in [6, 6.07) is 16.8. The van der Waals surface area contributed by atoms with Crippen LogP contribution < -0.4 is 10.7 Å². The summed E-state index contributed by atoms with van der Waals surface area (Å²) in [4.78, 5) is 37.1. The van der Waals surface area contributed by atoms with Gasteiger partial charge in [-0.05, 0) is 31.9 Å². The van der Waals surface area contributed by atoms with Gasteiger partial charge in [-0.2, -0.15) is 0 Å². The fourth-order valence-corrected chi connectivity index (χ4v) is 2.95. The Morgan fingerprint density at radius 3 is 2.03 bits per heavy atom. The van der Waals surface area contributed by atoms with Crippen LogP contribution in [0.2, 0.25) is 0 Å². The molecule has 2 atom stereocenters. The van der Waals surface area contributed by atoms with Crippen molar-refractivity contribution in [2.45, 2.75) is 39.5 Å². The lowest BCUT2D eigenvalue weighted by Crippen LogP contribution is -2.55. The Balaban J connectivity index is 2.21. The molecule has 0 bridgehead atoms. The van der Waals surface area contributed by atoms with Crippen LogP contribution in [0.3, 0.4) is 0 Å². The van der Waals surface area contributed by atoms with Crippen LogP contribution in [0.25, 0.3) is 0 Å². The molecule has 0 aliphatic carbocycles. The number of hydrogen-bond donors (Lipinski definition) is 2. The van der Waals surface area contributed by atoms with Crippen molar-refractivity contribution in [3.05, 3.63) is 71.8 Å². The molecule has 0 heterocycles. The van der Waals surface area contributed by atoms with Gasteiger partial charge < -0.3 is 19.5 Å². The van der Waals surface area contributed by atoms with Gasteiger partial charge in [0.15, 0.2) is 0 Å². The average molecular weight is 444 g/mol. The van der Waals surface area contributed by atoms with Gasteiger partial charge in [0.05, 0.1) is 25.3 Å². The molecule has 2 aromatic rings. The van der Waals surface area contributed by atoms with E-state index in [1.54, 1.807) is 45.0 Å². The van der Waals surface area contributed by atoms with E-state index in [1.807, 2.05) is 36.4 Å². The molecule has 0 aromatic heterocycles. The summed E-state index contributed by atoms with van der Waals surface area (Å²) in [6.45, 7) is 5.29. The molecule has 0 spiro atoms. The van der Waals surface area contributed by atoms with Crippen LogP contribution in [0.15, 0.2) is 60.7 Å². The molecule has 9 heteroatoms. The number of ether oxygens (including phenoxy) is 3. The lowest BCUT2D eigenvalue weighted by molar-refractivity contribution is 0.0485. The number of alkyl carbamates (subject to hydrolysis) is 1. The van der Waals surface area contributed by atoms with Crippen LogP contribution in [-0.4, -0.2) is 42.5 Å². The molecule has 0 unspecified atom stereocenters. The summed E-state index contributed by atoms with van der Waals surface area (Å²) < 4.78 is 15.3. The first kappa shape index (κ1) is 24.5. The Labute approximate surface area is 187 Å². The van der Waals surface area contributed by atoms with E-state index in [2.05, 4.69) is 10.7 Å². The second-order valence-corrected chi connectivity index (χ2v) is 6.74. The van der Waals surface area contributed by atoms with Crippen molar-refractivity contribution in [2.75, 3.05) is 13.2 Å². The summed E-state index contributed by atoms with van der Waals surface area (Å²) in [5.41, 5.74) is 3.93. The number of rotatable bonds is 8. The lowest BCUT2D eigenvalue weighted by Gasteiger charge is -2.33. The standard InChI is InChI=1S/C23H29N3O6/c1-4-30-22(28)25-26(23(29)31-5-2)17(3)20(19-14-10-7-11-15-19)24-21(27)32-16-18-12-8-6-9-13-18/h6-15,17,20H,4-5,16H2,1-3H3,(H,24,27)(H,25,28)/t17-,20+/m1/s1. The normalized spacial score (nSPS) is 12.1. The minimum absolute atomic E-state index is 0.0885. The average Bonchev–Trinajstić information content (AvgIpc) is 2.81. The van der Waals surface area contributed by atoms with Crippen molar-refractivity contribution in [1.82, 2.24) is 15.8 Å². The Hall–Kier alpha value is -3.75. The summed E-state index contributed by atoms with van der Waals surface area (Å²) in [5, 5.41) is 3.78. The zero-order valence-electron chi connectivity index (χ0n) is 18.4. The van der Waals surface area contributed by atoms with Crippen molar-refractivity contribution in [3.8, 4) is 0 Å². The van der Waals surface area contributed by atoms with Crippen LogP contribution in [0.1, 0.15) is 37.9 Å². The molecule has 0 saturated heterocycles. The largest absolute Gasteiger partial charge is 0.449 e. The van der Waals surface area contributed by atoms with Crippen LogP contribution in [-0.2, 0) is 20.8 Å². The van der Waals surface area contributed by atoms with Gasteiger partial charge in [0, 0.05) is 0 Å². The first-order valence-corrected chi connectivity index (χ1v) is 10.4. The highest BCUT2D eigenvalue weighted by Crippen LogP contribution is 2.21. The quantitative estimate of drug-likeness (QED) is 0.469. The topological polar surface area (TPSA) is 106 Å². The summed E-state index contributed by atoms with van der Waals surface area (Å²) in [7, 11) is 0. The van der Waals surface area contributed by atoms with E-state index in [9.17, 15) is 14.4 Å². The van der Waals surface area contributed by atoms with Gasteiger partial charge in [0.1, 0.15) is 6.61 Å². The molecular formula is C23H29N3O6. The van der Waals surface area contributed by atoms with Crippen molar-refractivity contribution < 1.29 is 28.6 Å². The fraction of sp³-hybridized carbons (Fsp3) is 0.348. The number of carbonyl (C=O) groups excluding carboxylic acids is 3. The predicted octanol–water partition coefficient (Wildman–Crippen LogP) is 4.16. The van der Waals surface area contributed by atoms with Crippen LogP contribution >= 0.6 is 0 Å². The third kappa shape index (κ3) is 7.50. The highest BCUT2D eigenvalue weighted by Gasteiger charge is 2.32. The number of amides is 3. The van der Waals surface area contributed by atoms with Crippen LogP contribution in [0.4, 0.5) is 14.4 Å². The second kappa shape index (κ2) is 12.8. The van der Waals surface area contributed by atoms with Gasteiger partial charge in [-0.15, -0.1) is 0 Å². The SMILES string of the molecule is CCOC(=O)NN(C(=O)OCC)[C@H](C)[C@H](NC(=O)OCc1ccccc1)c1ccccc1. The highest BCUT2D eigenvalue weighted by atomic mass is 16.6. The predicted molar refractivity (Wildman–Crippen MR) is 117 cm³/mol. The number of hydrazine groups is 1. The molecule has 2 aromatic carbocycles. The van der Waals surface area contributed by atoms with Crippen LogP contribution in [0.5, 0.6) is 0 Å². The van der Waals surface area contributed by atoms with E-state index in [-0.39, 0.29) is 19.8 Å². The molecule has 2 N–H and O–H groups in total. The first-order valence-electron chi connectivity index (χ1n) is 10.4. The molecule has 3 amide bonds. The minimum Gasteiger partial charge on any atom is -0.449 e. The Morgan fingerprint density at radius 2 is 1.44 bits per heavy atom. The molecule has 0 radical (unpaired) electrons. The molecular weight excluding hydrogens is 414 g/mol. The highest BCUT2D eigenvalue weighted by molar-refractivity contribution is 5.74. The molecule has 9 nitrogen and oxygen atoms in total. The van der Waals surface area contributed by atoms with Gasteiger partial charge in [0.2, 0.25) is 0 Å². The number of benzene rings is 2. The van der Waals surface area contributed by atoms with Crippen molar-refractivity contribution >= 4 is 18.3 Å². The molecule has 2 rings (SSSR count). The number of carbonyl (C=O) groups is 3. The Morgan fingerprint density at radius 1 is 0.844 bits per heavy atom. The zero-order chi connectivity index (χ0) is 23.3. The van der Waals surface area contributed by atoms with Crippen molar-refractivity contribution in [1.29, 1.82) is 0 Å². The maximum absolute atomic E-state index is 12.6. The number of nitrogens with one attached hydrogen (secondary N) is 2. The zero-order valence-corrected chi connectivity index (χ0v) is 18.4. The summed E-state index contributed by atoms with van der Waals surface area (Å²) in [5.74, 6) is 0. The van der Waals surface area contributed by atoms with E-state index in [1.165, 1.54) is 0 Å². The van der Waals surface area contributed by atoms with E-state index < -0.39 is 30.4 Å². The monoisotopic (exact) mass is 443 g/mol. The number of nitrogens with zero attached hydrogens (tertiary/aromatic N) is 1. The van der Waals surface area contributed by atoms with Gasteiger partial charge in [0.25, 0.3) is 0 Å². The Kier molecular flexibility index (Phi) is 9.83. The van der Waals surface area contributed by atoms with Gasteiger partial charge in [-0.3, -0.25) is 0 Å². The third-order valence-corrected chi connectivity index (χ3v) is 4.49. The maximum atomic E-state index is 12.6. The van der Waals surface area contributed by atoms with E-state index in [0.717, 1.165) is 10.6 Å². The third-order valence-electron chi connectivity index (χ3n) is 4.49. The Bertz CT molecular complexity index is 863. The first-order chi connectivity index (χ1) is 15.5. The molecule has 172 valence electrons. The van der Waals surface area contributed by atoms with Gasteiger partial charge in [-0.1, -0.05) is 60.7 Å². The summed E-state index contributed by atoms with van der Waals surface area (Å²) >= 11 is 0. The van der Waals surface area contributed by atoms with Crippen molar-refractivity contribution in [2.24, 2.45) is 0 Å². The lowest BCUT2D eigenvalue weighted by atomic mass is 10.0. The number of hydrogen-bond acceptors (Lipinski definition) is 6. The fourth-order valence-electron chi connectivity index (χ4n) is 2.95. The molecule has 32 heavy (non-hydrogen) atoms. The van der Waals surface area contributed by atoms with E-state index in [0.29, 0.717) is 5.56 Å². The van der Waals surface area contributed by atoms with Crippen LogP contribution in [0, 0.1) is 0 Å². The van der Waals surface area contributed by atoms with E-state index >= 15 is 0 Å². The molecule has 0 aliphatic rings. The second-order valence-electron chi connectivity index (χ2n) is 6.74. The molecule has 0 fully saturated rings. The van der Waals surface area contributed by atoms with Gasteiger partial charge >= 0.3 is 18.3 Å². The smallest absolute Gasteiger partial charge is 0.429 e.